The number of benzene rings is 1. The second-order valence-corrected chi connectivity index (χ2v) is 6.86. The maximum absolute atomic E-state index is 14.5. The Bertz CT molecular complexity index is 1300. The van der Waals surface area contributed by atoms with Crippen molar-refractivity contribution in [3.63, 3.8) is 0 Å². The van der Waals surface area contributed by atoms with Gasteiger partial charge in [0.05, 0.1) is 14.2 Å². The standard InChI is InChI=1S/C17H13F4N3O2.C5H3F3N2/c1-25-13-4-3-9(5-14(13)26-2)15-12(20)7-24(8-22-15)17-11(19)6-10(18)16(21)23-17;6-2-1-3(7)5(9)10-4(2)8/h3-7H,8H2,1-2H3;1H,(H2,9,10). The van der Waals surface area contributed by atoms with Gasteiger partial charge in [0, 0.05) is 23.9 Å². The van der Waals surface area contributed by atoms with E-state index in [9.17, 15) is 30.7 Å². The topological polar surface area (TPSA) is 85.9 Å². The third kappa shape index (κ3) is 5.64. The van der Waals surface area contributed by atoms with Crippen LogP contribution in [0, 0.1) is 35.2 Å². The van der Waals surface area contributed by atoms with E-state index in [-0.39, 0.29) is 12.4 Å². The number of ether oxygens (including phenoxy) is 2. The van der Waals surface area contributed by atoms with Crippen molar-refractivity contribution in [3.8, 4) is 11.5 Å². The number of aromatic nitrogens is 2. The van der Waals surface area contributed by atoms with Crippen LogP contribution in [0.4, 0.5) is 42.4 Å². The monoisotopic (exact) mass is 515 g/mol. The van der Waals surface area contributed by atoms with Gasteiger partial charge in [-0.05, 0) is 18.2 Å². The fraction of sp³-hybridized carbons (Fsp3) is 0.136. The summed E-state index contributed by atoms with van der Waals surface area (Å²) in [5.74, 6) is -8.97. The number of aliphatic imine (C=N–C) groups is 1. The van der Waals surface area contributed by atoms with Gasteiger partial charge in [0.2, 0.25) is 0 Å². The summed E-state index contributed by atoms with van der Waals surface area (Å²) in [5.41, 5.74) is 5.21. The van der Waals surface area contributed by atoms with Crippen molar-refractivity contribution in [2.45, 2.75) is 0 Å². The zero-order valence-corrected chi connectivity index (χ0v) is 18.5. The zero-order chi connectivity index (χ0) is 26.6. The predicted octanol–water partition coefficient (Wildman–Crippen LogP) is 4.67. The highest BCUT2D eigenvalue weighted by Gasteiger charge is 2.23. The molecule has 0 atom stereocenters. The smallest absolute Gasteiger partial charge is 0.251 e. The van der Waals surface area contributed by atoms with E-state index < -0.39 is 52.6 Å². The number of nitrogens with zero attached hydrogens (tertiary/aromatic N) is 4. The van der Waals surface area contributed by atoms with Gasteiger partial charge in [-0.25, -0.2) is 22.0 Å². The molecule has 3 heterocycles. The predicted molar refractivity (Wildman–Crippen MR) is 115 cm³/mol. The van der Waals surface area contributed by atoms with Crippen molar-refractivity contribution in [2.24, 2.45) is 4.99 Å². The minimum Gasteiger partial charge on any atom is -0.493 e. The van der Waals surface area contributed by atoms with Gasteiger partial charge in [0.1, 0.15) is 12.4 Å². The molecule has 3 aromatic rings. The Labute approximate surface area is 199 Å². The van der Waals surface area contributed by atoms with Gasteiger partial charge in [0.25, 0.3) is 11.9 Å². The van der Waals surface area contributed by atoms with Crippen LogP contribution in [0.3, 0.4) is 0 Å². The summed E-state index contributed by atoms with van der Waals surface area (Å²) in [4.78, 5) is 10.9. The van der Waals surface area contributed by atoms with E-state index in [1.165, 1.54) is 20.3 Å². The lowest BCUT2D eigenvalue weighted by atomic mass is 10.1. The number of nitrogens with two attached hydrogens (primary N) is 1. The number of anilines is 2. The Morgan fingerprint density at radius 1 is 0.778 bits per heavy atom. The van der Waals surface area contributed by atoms with Gasteiger partial charge in [-0.15, -0.1) is 0 Å². The van der Waals surface area contributed by atoms with E-state index >= 15 is 0 Å². The van der Waals surface area contributed by atoms with Crippen LogP contribution in [-0.4, -0.2) is 36.6 Å². The Morgan fingerprint density at radius 2 is 1.39 bits per heavy atom. The van der Waals surface area contributed by atoms with Crippen molar-refractivity contribution < 1.29 is 40.2 Å². The number of hydrogen-bond donors (Lipinski definition) is 1. The zero-order valence-electron chi connectivity index (χ0n) is 18.5. The second kappa shape index (κ2) is 10.9. The molecular weight excluding hydrogens is 499 g/mol. The first kappa shape index (κ1) is 26.2. The SMILES string of the molecule is COc1ccc(C2=NCN(c3nc(F)c(F)cc3F)C=C2F)cc1OC.Nc1nc(F)c(F)cc1F. The molecule has 0 spiro atoms. The van der Waals surface area contributed by atoms with Crippen molar-refractivity contribution in [3.05, 3.63) is 83.1 Å². The number of methoxy groups -OCH3 is 2. The highest BCUT2D eigenvalue weighted by atomic mass is 19.2. The van der Waals surface area contributed by atoms with Gasteiger partial charge in [0.15, 0.2) is 52.2 Å². The van der Waals surface area contributed by atoms with Crippen molar-refractivity contribution in [1.82, 2.24) is 9.97 Å². The Morgan fingerprint density at radius 3 is 1.97 bits per heavy atom. The molecule has 4 rings (SSSR count). The quantitative estimate of drug-likeness (QED) is 0.402. The maximum Gasteiger partial charge on any atom is 0.251 e. The van der Waals surface area contributed by atoms with Crippen LogP contribution < -0.4 is 20.1 Å². The average Bonchev–Trinajstić information content (AvgIpc) is 2.85. The van der Waals surface area contributed by atoms with E-state index in [1.807, 2.05) is 0 Å². The van der Waals surface area contributed by atoms with E-state index in [0.717, 1.165) is 11.1 Å². The molecule has 36 heavy (non-hydrogen) atoms. The molecule has 190 valence electrons. The first-order chi connectivity index (χ1) is 17.0. The lowest BCUT2D eigenvalue weighted by Crippen LogP contribution is -2.26. The third-order valence-corrected chi connectivity index (χ3v) is 4.59. The number of allylic oxidation sites excluding steroid dienone is 1. The lowest BCUT2D eigenvalue weighted by molar-refractivity contribution is 0.355. The number of pyridine rings is 2. The summed E-state index contributed by atoms with van der Waals surface area (Å²) >= 11 is 0. The second-order valence-electron chi connectivity index (χ2n) is 6.86. The van der Waals surface area contributed by atoms with Crippen LogP contribution in [0.1, 0.15) is 5.56 Å². The van der Waals surface area contributed by atoms with Crippen LogP contribution in [0.25, 0.3) is 0 Å². The fourth-order valence-corrected chi connectivity index (χ4v) is 2.90. The molecule has 0 aliphatic carbocycles. The largest absolute Gasteiger partial charge is 0.493 e. The van der Waals surface area contributed by atoms with E-state index in [1.54, 1.807) is 12.1 Å². The molecule has 0 bridgehead atoms. The van der Waals surface area contributed by atoms with Crippen LogP contribution in [0.2, 0.25) is 0 Å². The van der Waals surface area contributed by atoms with Gasteiger partial charge >= 0.3 is 0 Å². The average molecular weight is 515 g/mol. The minimum absolute atomic E-state index is 0.00481. The number of rotatable bonds is 4. The van der Waals surface area contributed by atoms with Crippen LogP contribution >= 0.6 is 0 Å². The summed E-state index contributed by atoms with van der Waals surface area (Å²) in [6.45, 7) is -0.230. The number of halogens is 7. The molecule has 0 radical (unpaired) electrons. The molecule has 7 nitrogen and oxygen atoms in total. The molecule has 1 aliphatic rings. The normalized spacial score (nSPS) is 12.9. The van der Waals surface area contributed by atoms with Gasteiger partial charge in [-0.3, -0.25) is 4.99 Å². The van der Waals surface area contributed by atoms with Crippen molar-refractivity contribution in [2.75, 3.05) is 31.5 Å². The van der Waals surface area contributed by atoms with E-state index in [2.05, 4.69) is 15.0 Å². The summed E-state index contributed by atoms with van der Waals surface area (Å²) in [7, 11) is 2.91. The minimum atomic E-state index is -1.48. The number of hydrogen-bond acceptors (Lipinski definition) is 7. The first-order valence-corrected chi connectivity index (χ1v) is 9.75. The fourth-order valence-electron chi connectivity index (χ4n) is 2.90. The van der Waals surface area contributed by atoms with Crippen molar-refractivity contribution in [1.29, 1.82) is 0 Å². The summed E-state index contributed by atoms with van der Waals surface area (Å²) in [5, 5.41) is 0. The molecule has 14 heteroatoms. The summed E-state index contributed by atoms with van der Waals surface area (Å²) in [6, 6.07) is 5.40. The molecule has 2 aromatic heterocycles. The van der Waals surface area contributed by atoms with Crippen LogP contribution in [-0.2, 0) is 0 Å². The van der Waals surface area contributed by atoms with Gasteiger partial charge < -0.3 is 20.1 Å². The highest BCUT2D eigenvalue weighted by Crippen LogP contribution is 2.30. The summed E-state index contributed by atoms with van der Waals surface area (Å²) in [6.07, 6.45) is 0.918. The maximum atomic E-state index is 14.5. The molecular formula is C22H16F7N5O2. The molecule has 1 aromatic carbocycles. The highest BCUT2D eigenvalue weighted by molar-refractivity contribution is 6.12. The van der Waals surface area contributed by atoms with Crippen LogP contribution in [0.15, 0.2) is 47.4 Å². The van der Waals surface area contributed by atoms with Crippen molar-refractivity contribution >= 4 is 17.3 Å². The summed E-state index contributed by atoms with van der Waals surface area (Å²) < 4.78 is 101. The molecule has 2 N–H and O–H groups in total. The molecule has 1 aliphatic heterocycles. The van der Waals surface area contributed by atoms with E-state index in [4.69, 9.17) is 15.2 Å². The first-order valence-electron chi connectivity index (χ1n) is 9.75. The molecule has 0 saturated heterocycles. The lowest BCUT2D eigenvalue weighted by Gasteiger charge is -2.23. The van der Waals surface area contributed by atoms with Crippen LogP contribution in [0.5, 0.6) is 11.5 Å². The van der Waals surface area contributed by atoms with Gasteiger partial charge in [-0.1, -0.05) is 0 Å². The Hall–Kier alpha value is -4.36. The number of nitrogen functional groups attached to an aromatic ring is 1. The van der Waals surface area contributed by atoms with Gasteiger partial charge in [-0.2, -0.15) is 18.7 Å². The Kier molecular flexibility index (Phi) is 7.96. The third-order valence-electron chi connectivity index (χ3n) is 4.59. The molecule has 0 saturated carbocycles. The Balaban J connectivity index is 0.000000303. The molecule has 0 fully saturated rings. The molecule has 0 amide bonds. The molecule has 0 unspecified atom stereocenters. The van der Waals surface area contributed by atoms with E-state index in [0.29, 0.717) is 29.2 Å².